The van der Waals surface area contributed by atoms with Crippen molar-refractivity contribution in [3.05, 3.63) is 100 Å². The minimum atomic E-state index is -4.60. The summed E-state index contributed by atoms with van der Waals surface area (Å²) in [4.78, 5) is 18.9. The number of benzene rings is 3. The van der Waals surface area contributed by atoms with Crippen LogP contribution in [0.3, 0.4) is 0 Å². The molecule has 18 heteroatoms. The molecule has 2 aromatic heterocycles. The number of β-amino-alcohol motifs (C(OH)–C–C–N with tert-alkyl or cyclic N) is 1. The van der Waals surface area contributed by atoms with Gasteiger partial charge in [0.2, 0.25) is 0 Å². The lowest BCUT2D eigenvalue weighted by molar-refractivity contribution is -0.0383. The molecule has 2 aliphatic heterocycles. The number of thiazole rings is 1. The van der Waals surface area contributed by atoms with E-state index in [4.69, 9.17) is 30.5 Å². The Morgan fingerprint density at radius 2 is 1.89 bits per heavy atom. The number of anilines is 2. The van der Waals surface area contributed by atoms with E-state index in [0.717, 1.165) is 63.9 Å². The van der Waals surface area contributed by atoms with Crippen molar-refractivity contribution in [2.24, 2.45) is 0 Å². The van der Waals surface area contributed by atoms with Crippen molar-refractivity contribution >= 4 is 49.9 Å². The second-order valence-corrected chi connectivity index (χ2v) is 19.3. The summed E-state index contributed by atoms with van der Waals surface area (Å²) in [6, 6.07) is 16.9. The zero-order chi connectivity index (χ0) is 43.5. The first-order valence-electron chi connectivity index (χ1n) is 19.9. The van der Waals surface area contributed by atoms with Crippen molar-refractivity contribution in [1.82, 2.24) is 19.7 Å². The van der Waals surface area contributed by atoms with Crippen LogP contribution in [0.5, 0.6) is 11.5 Å². The Hall–Kier alpha value is -4.94. The Bertz CT molecular complexity index is 2420. The van der Waals surface area contributed by atoms with Crippen LogP contribution in [0.25, 0.3) is 11.3 Å². The number of aliphatic hydroxyl groups excluding tert-OH is 1. The quantitative estimate of drug-likeness (QED) is 0.111. The number of nitrogens with one attached hydrogen (secondary N) is 1. The van der Waals surface area contributed by atoms with E-state index in [9.17, 15) is 18.3 Å². The standard InChI is InChI=1S/C43H50ClFN6O8S2/c1-42(2,3)59-41(53)49-26-31(52)24-43(49,23-28-9-11-29(12-10-28)36-15-16-48-51(36)39-8-6-7-18-58-39)27-47-35-22-34(45)38(21-33(35)44)61(54,55)50(40-46-17-19-60-40)25-30-13-14-32(56-4)20-37(30)57-5/h9-17,19-22,31,39,47,52H,6-8,18,23-27H2,1-5H3/t31-,39-,43-/m0/s1. The van der Waals surface area contributed by atoms with Gasteiger partial charge < -0.3 is 29.4 Å². The largest absolute Gasteiger partial charge is 0.497 e. The van der Waals surface area contributed by atoms with Gasteiger partial charge in [0.1, 0.15) is 27.8 Å². The highest BCUT2D eigenvalue weighted by atomic mass is 35.5. The SMILES string of the molecule is COc1ccc(CN(c2nccs2)S(=O)(=O)c2cc(Cl)c(NC[C@]3(Cc4ccc(-c5ccnn5[C@@H]5CCCCO5)cc4)C[C@H](O)CN3C(=O)OC(C)(C)C)cc2F)c(OC)c1. The molecule has 61 heavy (non-hydrogen) atoms. The first kappa shape index (κ1) is 44.1. The molecule has 4 heterocycles. The number of methoxy groups -OCH3 is 2. The normalized spacial score (nSPS) is 19.4. The molecule has 0 aliphatic carbocycles. The van der Waals surface area contributed by atoms with Crippen LogP contribution >= 0.6 is 22.9 Å². The molecule has 3 aromatic carbocycles. The van der Waals surface area contributed by atoms with Gasteiger partial charge in [-0.25, -0.2) is 31.6 Å². The smallest absolute Gasteiger partial charge is 0.410 e. The second kappa shape index (κ2) is 18.2. The van der Waals surface area contributed by atoms with E-state index in [0.29, 0.717) is 23.7 Å². The minimum Gasteiger partial charge on any atom is -0.497 e. The number of sulfonamides is 1. The molecule has 0 radical (unpaired) electrons. The molecule has 326 valence electrons. The maximum absolute atomic E-state index is 16.3. The molecule has 0 saturated carbocycles. The van der Waals surface area contributed by atoms with Crippen LogP contribution in [0.2, 0.25) is 5.02 Å². The zero-order valence-electron chi connectivity index (χ0n) is 34.6. The number of hydrogen-bond acceptors (Lipinski definition) is 12. The highest BCUT2D eigenvalue weighted by Gasteiger charge is 2.49. The lowest BCUT2D eigenvalue weighted by Crippen LogP contribution is -2.54. The molecule has 0 spiro atoms. The molecule has 2 fully saturated rings. The molecule has 0 bridgehead atoms. The van der Waals surface area contributed by atoms with E-state index in [1.54, 1.807) is 50.5 Å². The number of halogens is 2. The summed E-state index contributed by atoms with van der Waals surface area (Å²) in [5.41, 5.74) is 1.39. The van der Waals surface area contributed by atoms with Crippen LogP contribution in [-0.2, 0) is 32.5 Å². The predicted molar refractivity (Wildman–Crippen MR) is 231 cm³/mol. The zero-order valence-corrected chi connectivity index (χ0v) is 37.0. The number of carbonyl (C=O) groups excluding carboxylic acids is 1. The highest BCUT2D eigenvalue weighted by molar-refractivity contribution is 7.93. The molecule has 1 amide bonds. The van der Waals surface area contributed by atoms with Gasteiger partial charge in [-0.1, -0.05) is 35.9 Å². The van der Waals surface area contributed by atoms with Crippen molar-refractivity contribution in [2.45, 2.75) is 87.8 Å². The molecule has 14 nitrogen and oxygen atoms in total. The highest BCUT2D eigenvalue weighted by Crippen LogP contribution is 2.39. The van der Waals surface area contributed by atoms with Crippen molar-refractivity contribution in [1.29, 1.82) is 0 Å². The third-order valence-electron chi connectivity index (χ3n) is 10.7. The van der Waals surface area contributed by atoms with E-state index < -0.39 is 44.1 Å². The van der Waals surface area contributed by atoms with Crippen molar-refractivity contribution in [3.8, 4) is 22.8 Å². The average Bonchev–Trinajstić information content (AvgIpc) is 4.01. The van der Waals surface area contributed by atoms with Crippen LogP contribution in [0.1, 0.15) is 63.8 Å². The number of aromatic nitrogens is 3. The van der Waals surface area contributed by atoms with E-state index >= 15 is 4.39 Å². The van der Waals surface area contributed by atoms with Crippen molar-refractivity contribution < 1.29 is 41.7 Å². The monoisotopic (exact) mass is 896 g/mol. The first-order chi connectivity index (χ1) is 29.1. The summed E-state index contributed by atoms with van der Waals surface area (Å²) in [7, 11) is -1.64. The third kappa shape index (κ3) is 9.75. The number of hydrogen-bond donors (Lipinski definition) is 2. The summed E-state index contributed by atoms with van der Waals surface area (Å²) in [6.45, 7) is 5.75. The van der Waals surface area contributed by atoms with Gasteiger partial charge in [0.15, 0.2) is 11.4 Å². The van der Waals surface area contributed by atoms with Crippen molar-refractivity contribution in [3.63, 3.8) is 0 Å². The number of likely N-dealkylation sites (tertiary alicyclic amines) is 1. The topological polar surface area (TPSA) is 158 Å². The Morgan fingerprint density at radius 1 is 1.10 bits per heavy atom. The molecule has 2 N–H and O–H groups in total. The van der Waals surface area contributed by atoms with Crippen LogP contribution in [0.15, 0.2) is 83.3 Å². The van der Waals surface area contributed by atoms with Gasteiger partial charge >= 0.3 is 6.09 Å². The number of rotatable bonds is 14. The lowest BCUT2D eigenvalue weighted by atomic mass is 9.87. The third-order valence-corrected chi connectivity index (χ3v) is 13.7. The summed E-state index contributed by atoms with van der Waals surface area (Å²) in [5, 5.41) is 20.5. The number of carbonyl (C=O) groups is 1. The molecule has 5 aromatic rings. The molecule has 0 unspecified atom stereocenters. The summed E-state index contributed by atoms with van der Waals surface area (Å²) < 4.78 is 70.5. The van der Waals surface area contributed by atoms with Crippen LogP contribution in [0, 0.1) is 5.82 Å². The van der Waals surface area contributed by atoms with Gasteiger partial charge in [0.05, 0.1) is 55.4 Å². The first-order valence-corrected chi connectivity index (χ1v) is 22.6. The van der Waals surface area contributed by atoms with E-state index in [1.165, 1.54) is 25.3 Å². The van der Waals surface area contributed by atoms with Gasteiger partial charge in [0.25, 0.3) is 10.0 Å². The molecular formula is C43H50ClFN6O8S2. The summed E-state index contributed by atoms with van der Waals surface area (Å²) >= 11 is 7.86. The molecule has 2 aliphatic rings. The molecule has 7 rings (SSSR count). The van der Waals surface area contributed by atoms with E-state index in [1.807, 2.05) is 35.0 Å². The Balaban J connectivity index is 1.18. The Morgan fingerprint density at radius 3 is 2.56 bits per heavy atom. The Labute approximate surface area is 364 Å². The van der Waals surface area contributed by atoms with Gasteiger partial charge in [-0.15, -0.1) is 11.3 Å². The van der Waals surface area contributed by atoms with E-state index in [2.05, 4.69) is 15.4 Å². The molecule has 3 atom stereocenters. The molecular weight excluding hydrogens is 847 g/mol. The predicted octanol–water partition coefficient (Wildman–Crippen LogP) is 8.31. The molecule has 2 saturated heterocycles. The van der Waals surface area contributed by atoms with Gasteiger partial charge in [-0.2, -0.15) is 5.10 Å². The fraction of sp³-hybridized carbons (Fsp3) is 0.419. The van der Waals surface area contributed by atoms with Crippen LogP contribution < -0.4 is 19.1 Å². The second-order valence-electron chi connectivity index (χ2n) is 16.1. The van der Waals surface area contributed by atoms with Gasteiger partial charge in [0, 0.05) is 49.0 Å². The number of ether oxygens (including phenoxy) is 4. The average molecular weight is 897 g/mol. The fourth-order valence-electron chi connectivity index (χ4n) is 7.83. The Kier molecular flexibility index (Phi) is 13.2. The number of nitrogens with zero attached hydrogens (tertiary/aromatic N) is 5. The lowest BCUT2D eigenvalue weighted by Gasteiger charge is -2.39. The van der Waals surface area contributed by atoms with Crippen molar-refractivity contribution in [2.75, 3.05) is 43.5 Å². The fourth-order valence-corrected chi connectivity index (χ4v) is 10.5. The van der Waals surface area contributed by atoms with Crippen LogP contribution in [-0.4, -0.2) is 90.4 Å². The maximum atomic E-state index is 16.3. The van der Waals surface area contributed by atoms with Gasteiger partial charge in [-0.05, 0) is 87.9 Å². The van der Waals surface area contributed by atoms with Crippen LogP contribution in [0.4, 0.5) is 20.0 Å². The van der Waals surface area contributed by atoms with E-state index in [-0.39, 0.29) is 54.5 Å². The van der Waals surface area contributed by atoms with Gasteiger partial charge in [-0.3, -0.25) is 4.90 Å². The summed E-state index contributed by atoms with van der Waals surface area (Å²) in [5.74, 6) is -0.183. The minimum absolute atomic E-state index is 0.0000953. The summed E-state index contributed by atoms with van der Waals surface area (Å²) in [6.07, 6.45) is 4.98. The number of amides is 1. The maximum Gasteiger partial charge on any atom is 0.410 e. The number of aliphatic hydroxyl groups is 1.